The van der Waals surface area contributed by atoms with E-state index in [0.717, 1.165) is 37.8 Å². The van der Waals surface area contributed by atoms with Gasteiger partial charge in [0.25, 0.3) is 0 Å². The molecule has 0 bridgehead atoms. The van der Waals surface area contributed by atoms with Crippen LogP contribution in [0.1, 0.15) is 33.6 Å². The Morgan fingerprint density at radius 1 is 1.04 bits per heavy atom. The van der Waals surface area contributed by atoms with Gasteiger partial charge in [0, 0.05) is 24.5 Å². The SMILES string of the molecule is CCN(CC)c1ccc(NC(=O)CN2CCC(C)CC2)cc1.O=C(O)C(=O)O. The summed E-state index contributed by atoms with van der Waals surface area (Å²) in [5.41, 5.74) is 2.08. The van der Waals surface area contributed by atoms with Crippen LogP contribution in [0.3, 0.4) is 0 Å². The molecule has 156 valence electrons. The monoisotopic (exact) mass is 393 g/mol. The molecule has 0 spiro atoms. The Kier molecular flexibility index (Phi) is 10.0. The zero-order chi connectivity index (χ0) is 21.1. The normalized spacial score (nSPS) is 14.5. The molecule has 1 amide bonds. The quantitative estimate of drug-likeness (QED) is 0.636. The topological polar surface area (TPSA) is 110 Å². The molecule has 8 nitrogen and oxygen atoms in total. The number of carbonyl (C=O) groups is 3. The maximum absolute atomic E-state index is 12.1. The van der Waals surface area contributed by atoms with E-state index in [-0.39, 0.29) is 5.91 Å². The third-order valence-corrected chi connectivity index (χ3v) is 4.71. The molecule has 8 heteroatoms. The molecule has 1 aromatic carbocycles. The molecule has 1 heterocycles. The predicted molar refractivity (Wildman–Crippen MR) is 109 cm³/mol. The number of rotatable bonds is 6. The van der Waals surface area contributed by atoms with Crippen molar-refractivity contribution < 1.29 is 24.6 Å². The molecular weight excluding hydrogens is 362 g/mol. The third kappa shape index (κ3) is 8.39. The number of carboxylic acid groups (broad SMARTS) is 2. The Labute approximate surface area is 166 Å². The van der Waals surface area contributed by atoms with E-state index in [2.05, 4.69) is 48.0 Å². The molecule has 1 aromatic rings. The minimum absolute atomic E-state index is 0.0881. The van der Waals surface area contributed by atoms with Crippen molar-refractivity contribution in [2.24, 2.45) is 5.92 Å². The Morgan fingerprint density at radius 2 is 1.54 bits per heavy atom. The highest BCUT2D eigenvalue weighted by atomic mass is 16.4. The number of amides is 1. The number of benzene rings is 1. The number of hydrogen-bond acceptors (Lipinski definition) is 5. The van der Waals surface area contributed by atoms with Gasteiger partial charge >= 0.3 is 11.9 Å². The summed E-state index contributed by atoms with van der Waals surface area (Å²) in [4.78, 5) is 34.9. The van der Waals surface area contributed by atoms with Gasteiger partial charge in [-0.25, -0.2) is 9.59 Å². The van der Waals surface area contributed by atoms with Crippen molar-refractivity contribution >= 4 is 29.2 Å². The highest BCUT2D eigenvalue weighted by Crippen LogP contribution is 2.18. The second-order valence-electron chi connectivity index (χ2n) is 6.84. The summed E-state index contributed by atoms with van der Waals surface area (Å²) >= 11 is 0. The van der Waals surface area contributed by atoms with Crippen LogP contribution in [0.25, 0.3) is 0 Å². The molecule has 0 saturated carbocycles. The molecule has 0 aliphatic carbocycles. The number of nitrogens with one attached hydrogen (secondary N) is 1. The first-order valence-corrected chi connectivity index (χ1v) is 9.60. The summed E-state index contributed by atoms with van der Waals surface area (Å²) in [6, 6.07) is 8.13. The van der Waals surface area contributed by atoms with Crippen molar-refractivity contribution in [2.75, 3.05) is 42.9 Å². The standard InChI is InChI=1S/C18H29N3O.C2H2O4/c1-4-21(5-2)17-8-6-16(7-9-17)19-18(22)14-20-12-10-15(3)11-13-20;3-1(4)2(5)6/h6-9,15H,4-5,10-14H2,1-3H3,(H,19,22);(H,3,4)(H,5,6). The van der Waals surface area contributed by atoms with Crippen LogP contribution in [0.4, 0.5) is 11.4 Å². The minimum atomic E-state index is -1.82. The van der Waals surface area contributed by atoms with Crippen LogP contribution in [0.15, 0.2) is 24.3 Å². The van der Waals surface area contributed by atoms with Gasteiger partial charge in [0.1, 0.15) is 0 Å². The first kappa shape index (κ1) is 23.4. The average molecular weight is 393 g/mol. The largest absolute Gasteiger partial charge is 0.473 e. The average Bonchev–Trinajstić information content (AvgIpc) is 2.66. The number of hydrogen-bond donors (Lipinski definition) is 3. The van der Waals surface area contributed by atoms with Gasteiger partial charge < -0.3 is 20.4 Å². The van der Waals surface area contributed by atoms with Crippen molar-refractivity contribution in [3.05, 3.63) is 24.3 Å². The van der Waals surface area contributed by atoms with Gasteiger partial charge in [0.15, 0.2) is 0 Å². The van der Waals surface area contributed by atoms with Crippen molar-refractivity contribution in [3.63, 3.8) is 0 Å². The second kappa shape index (κ2) is 12.0. The number of likely N-dealkylation sites (tertiary alicyclic amines) is 1. The predicted octanol–water partition coefficient (Wildman–Crippen LogP) is 2.36. The lowest BCUT2D eigenvalue weighted by Crippen LogP contribution is -2.38. The van der Waals surface area contributed by atoms with E-state index in [0.29, 0.717) is 6.54 Å². The fraction of sp³-hybridized carbons (Fsp3) is 0.550. The fourth-order valence-electron chi connectivity index (χ4n) is 2.97. The van der Waals surface area contributed by atoms with Crippen LogP contribution in [-0.2, 0) is 14.4 Å². The number of nitrogens with zero attached hydrogens (tertiary/aromatic N) is 2. The van der Waals surface area contributed by atoms with Crippen LogP contribution < -0.4 is 10.2 Å². The highest BCUT2D eigenvalue weighted by Gasteiger charge is 2.17. The first-order chi connectivity index (χ1) is 13.3. The van der Waals surface area contributed by atoms with Gasteiger partial charge in [-0.05, 0) is 70.0 Å². The minimum Gasteiger partial charge on any atom is -0.473 e. The molecule has 28 heavy (non-hydrogen) atoms. The first-order valence-electron chi connectivity index (χ1n) is 9.60. The van der Waals surface area contributed by atoms with Crippen LogP contribution in [0.5, 0.6) is 0 Å². The van der Waals surface area contributed by atoms with Crippen molar-refractivity contribution in [1.82, 2.24) is 4.90 Å². The molecule has 1 fully saturated rings. The van der Waals surface area contributed by atoms with Crippen LogP contribution in [0.2, 0.25) is 0 Å². The van der Waals surface area contributed by atoms with E-state index in [4.69, 9.17) is 19.8 Å². The third-order valence-electron chi connectivity index (χ3n) is 4.71. The molecule has 0 atom stereocenters. The zero-order valence-corrected chi connectivity index (χ0v) is 16.9. The molecule has 1 aliphatic rings. The van der Waals surface area contributed by atoms with E-state index in [9.17, 15) is 4.79 Å². The summed E-state index contributed by atoms with van der Waals surface area (Å²) in [5.74, 6) is -2.76. The second-order valence-corrected chi connectivity index (χ2v) is 6.84. The van der Waals surface area contributed by atoms with Gasteiger partial charge in [0.05, 0.1) is 6.54 Å². The van der Waals surface area contributed by atoms with Crippen LogP contribution in [0, 0.1) is 5.92 Å². The van der Waals surface area contributed by atoms with E-state index < -0.39 is 11.9 Å². The van der Waals surface area contributed by atoms with E-state index in [1.54, 1.807) is 0 Å². The highest BCUT2D eigenvalue weighted by molar-refractivity contribution is 6.27. The van der Waals surface area contributed by atoms with Gasteiger partial charge in [0.2, 0.25) is 5.91 Å². The number of anilines is 2. The molecule has 2 rings (SSSR count). The van der Waals surface area contributed by atoms with Crippen molar-refractivity contribution in [1.29, 1.82) is 0 Å². The maximum atomic E-state index is 12.1. The zero-order valence-electron chi connectivity index (χ0n) is 16.9. The van der Waals surface area contributed by atoms with E-state index in [1.165, 1.54) is 18.5 Å². The molecular formula is C20H31N3O5. The summed E-state index contributed by atoms with van der Waals surface area (Å²) in [6.07, 6.45) is 2.40. The summed E-state index contributed by atoms with van der Waals surface area (Å²) < 4.78 is 0. The smallest absolute Gasteiger partial charge is 0.414 e. The maximum Gasteiger partial charge on any atom is 0.414 e. The van der Waals surface area contributed by atoms with E-state index in [1.807, 2.05) is 12.1 Å². The van der Waals surface area contributed by atoms with Gasteiger partial charge in [-0.2, -0.15) is 0 Å². The number of carboxylic acids is 2. The number of aliphatic carboxylic acids is 2. The molecule has 1 saturated heterocycles. The molecule has 1 aliphatic heterocycles. The van der Waals surface area contributed by atoms with Gasteiger partial charge in [-0.1, -0.05) is 6.92 Å². The van der Waals surface area contributed by atoms with Gasteiger partial charge in [-0.3, -0.25) is 9.69 Å². The Balaban J connectivity index is 0.000000568. The van der Waals surface area contributed by atoms with E-state index >= 15 is 0 Å². The summed E-state index contributed by atoms with van der Waals surface area (Å²) in [7, 11) is 0. The lowest BCUT2D eigenvalue weighted by molar-refractivity contribution is -0.159. The van der Waals surface area contributed by atoms with Crippen LogP contribution >= 0.6 is 0 Å². The summed E-state index contributed by atoms with van der Waals surface area (Å²) in [5, 5.41) is 17.8. The lowest BCUT2D eigenvalue weighted by atomic mass is 9.99. The molecule has 0 radical (unpaired) electrons. The van der Waals surface area contributed by atoms with Crippen molar-refractivity contribution in [3.8, 4) is 0 Å². The molecule has 0 unspecified atom stereocenters. The molecule has 3 N–H and O–H groups in total. The Bertz CT molecular complexity index is 624. The Hall–Kier alpha value is -2.61. The molecule has 0 aromatic heterocycles. The number of carbonyl (C=O) groups excluding carboxylic acids is 1. The van der Waals surface area contributed by atoms with Crippen molar-refractivity contribution in [2.45, 2.75) is 33.6 Å². The number of piperidine rings is 1. The fourth-order valence-corrected chi connectivity index (χ4v) is 2.97. The summed E-state index contributed by atoms with van der Waals surface area (Å²) in [6.45, 7) is 11.2. The van der Waals surface area contributed by atoms with Gasteiger partial charge in [-0.15, -0.1) is 0 Å². The van der Waals surface area contributed by atoms with Crippen LogP contribution in [-0.4, -0.2) is 65.7 Å². The lowest BCUT2D eigenvalue weighted by Gasteiger charge is -2.29. The Morgan fingerprint density at radius 3 is 1.96 bits per heavy atom.